The van der Waals surface area contributed by atoms with Crippen molar-refractivity contribution >= 4 is 28.9 Å². The van der Waals surface area contributed by atoms with Gasteiger partial charge in [-0.25, -0.2) is 0 Å². The standard InChI is InChI=1S/C6H7Cl2N3/c1-2-9-4-3-10-11-6(8)5(4)7/h3H,2H2,1H3,(H,9,11). The smallest absolute Gasteiger partial charge is 0.172 e. The highest BCUT2D eigenvalue weighted by molar-refractivity contribution is 6.42. The first-order chi connectivity index (χ1) is 5.25. The quantitative estimate of drug-likeness (QED) is 0.780. The van der Waals surface area contributed by atoms with Gasteiger partial charge >= 0.3 is 0 Å². The van der Waals surface area contributed by atoms with Gasteiger partial charge in [-0.05, 0) is 6.92 Å². The highest BCUT2D eigenvalue weighted by atomic mass is 35.5. The topological polar surface area (TPSA) is 37.8 Å². The zero-order chi connectivity index (χ0) is 8.27. The second-order valence-corrected chi connectivity index (χ2v) is 2.63. The minimum Gasteiger partial charge on any atom is -0.383 e. The Balaban J connectivity index is 2.96. The van der Waals surface area contributed by atoms with E-state index in [0.717, 1.165) is 6.54 Å². The Labute approximate surface area is 74.7 Å². The summed E-state index contributed by atoms with van der Waals surface area (Å²) in [6, 6.07) is 0. The van der Waals surface area contributed by atoms with Gasteiger partial charge in [-0.3, -0.25) is 0 Å². The molecule has 1 aromatic heterocycles. The van der Waals surface area contributed by atoms with Crippen LogP contribution in [0.1, 0.15) is 6.92 Å². The van der Waals surface area contributed by atoms with Crippen LogP contribution < -0.4 is 5.32 Å². The molecule has 0 saturated carbocycles. The zero-order valence-corrected chi connectivity index (χ0v) is 7.45. The molecule has 0 bridgehead atoms. The van der Waals surface area contributed by atoms with Crippen LogP contribution in [-0.4, -0.2) is 16.7 Å². The van der Waals surface area contributed by atoms with Gasteiger partial charge in [-0.15, -0.1) is 5.10 Å². The molecule has 0 aromatic carbocycles. The lowest BCUT2D eigenvalue weighted by Crippen LogP contribution is -1.98. The molecule has 0 saturated heterocycles. The largest absolute Gasteiger partial charge is 0.383 e. The maximum atomic E-state index is 5.78. The first kappa shape index (κ1) is 8.56. The van der Waals surface area contributed by atoms with E-state index in [0.29, 0.717) is 10.7 Å². The number of nitrogens with one attached hydrogen (secondary N) is 1. The fourth-order valence-electron chi connectivity index (χ4n) is 0.663. The van der Waals surface area contributed by atoms with Crippen LogP contribution in [0.25, 0.3) is 0 Å². The Bertz CT molecular complexity index is 252. The van der Waals surface area contributed by atoms with Crippen molar-refractivity contribution in [2.75, 3.05) is 11.9 Å². The summed E-state index contributed by atoms with van der Waals surface area (Å²) < 4.78 is 0. The van der Waals surface area contributed by atoms with Crippen LogP contribution in [0.2, 0.25) is 10.2 Å². The summed E-state index contributed by atoms with van der Waals surface area (Å²) in [6.45, 7) is 2.74. The summed E-state index contributed by atoms with van der Waals surface area (Å²) in [5.41, 5.74) is 0.717. The van der Waals surface area contributed by atoms with Crippen LogP contribution in [0.4, 0.5) is 5.69 Å². The van der Waals surface area contributed by atoms with Crippen molar-refractivity contribution in [3.05, 3.63) is 16.4 Å². The number of aromatic nitrogens is 2. The van der Waals surface area contributed by atoms with Gasteiger partial charge in [0.2, 0.25) is 0 Å². The van der Waals surface area contributed by atoms with Crippen molar-refractivity contribution in [1.82, 2.24) is 10.2 Å². The Kier molecular flexibility index (Phi) is 2.91. The summed E-state index contributed by atoms with van der Waals surface area (Å²) in [5, 5.41) is 10.8. The van der Waals surface area contributed by atoms with Crippen molar-refractivity contribution in [2.45, 2.75) is 6.92 Å². The van der Waals surface area contributed by atoms with Gasteiger partial charge in [-0.2, -0.15) is 5.10 Å². The second kappa shape index (κ2) is 3.74. The van der Waals surface area contributed by atoms with Gasteiger partial charge in [-0.1, -0.05) is 23.2 Å². The molecule has 0 spiro atoms. The maximum absolute atomic E-state index is 5.78. The van der Waals surface area contributed by atoms with Gasteiger partial charge in [0.05, 0.1) is 11.9 Å². The predicted octanol–water partition coefficient (Wildman–Crippen LogP) is 2.22. The van der Waals surface area contributed by atoms with Crippen LogP contribution >= 0.6 is 23.2 Å². The summed E-state index contributed by atoms with van der Waals surface area (Å²) >= 11 is 11.4. The monoisotopic (exact) mass is 191 g/mol. The van der Waals surface area contributed by atoms with E-state index in [-0.39, 0.29) is 5.15 Å². The third kappa shape index (κ3) is 1.94. The fraction of sp³-hybridized carbons (Fsp3) is 0.333. The SMILES string of the molecule is CCNc1cnnc(Cl)c1Cl. The van der Waals surface area contributed by atoms with Crippen LogP contribution in [0.5, 0.6) is 0 Å². The molecule has 1 rings (SSSR count). The molecule has 1 N–H and O–H groups in total. The average Bonchev–Trinajstić information content (AvgIpc) is 1.99. The Morgan fingerprint density at radius 3 is 2.91 bits per heavy atom. The van der Waals surface area contributed by atoms with Crippen molar-refractivity contribution in [2.24, 2.45) is 0 Å². The molecule has 5 heteroatoms. The number of anilines is 1. The summed E-state index contributed by atoms with van der Waals surface area (Å²) in [5.74, 6) is 0. The Morgan fingerprint density at radius 1 is 1.55 bits per heavy atom. The van der Waals surface area contributed by atoms with Crippen molar-refractivity contribution in [3.8, 4) is 0 Å². The molecule has 60 valence electrons. The van der Waals surface area contributed by atoms with E-state index in [1.165, 1.54) is 6.20 Å². The molecule has 0 aliphatic carbocycles. The molecule has 11 heavy (non-hydrogen) atoms. The maximum Gasteiger partial charge on any atom is 0.172 e. The number of rotatable bonds is 2. The van der Waals surface area contributed by atoms with Crippen LogP contribution in [-0.2, 0) is 0 Å². The van der Waals surface area contributed by atoms with Gasteiger partial charge < -0.3 is 5.32 Å². The molecule has 0 aliphatic heterocycles. The van der Waals surface area contributed by atoms with E-state index in [1.54, 1.807) is 0 Å². The summed E-state index contributed by atoms with van der Waals surface area (Å²) in [6.07, 6.45) is 1.54. The van der Waals surface area contributed by atoms with E-state index in [2.05, 4.69) is 15.5 Å². The van der Waals surface area contributed by atoms with Crippen LogP contribution in [0, 0.1) is 0 Å². The second-order valence-electron chi connectivity index (χ2n) is 1.89. The van der Waals surface area contributed by atoms with Gasteiger partial charge in [0.1, 0.15) is 5.02 Å². The van der Waals surface area contributed by atoms with Crippen LogP contribution in [0.3, 0.4) is 0 Å². The van der Waals surface area contributed by atoms with Gasteiger partial charge in [0.25, 0.3) is 0 Å². The summed E-state index contributed by atoms with van der Waals surface area (Å²) in [7, 11) is 0. The van der Waals surface area contributed by atoms with Gasteiger partial charge in [0, 0.05) is 6.54 Å². The zero-order valence-electron chi connectivity index (χ0n) is 5.93. The third-order valence-electron chi connectivity index (χ3n) is 1.12. The van der Waals surface area contributed by atoms with E-state index in [9.17, 15) is 0 Å². The van der Waals surface area contributed by atoms with E-state index >= 15 is 0 Å². The number of nitrogens with zero attached hydrogens (tertiary/aromatic N) is 2. The van der Waals surface area contributed by atoms with E-state index in [4.69, 9.17) is 23.2 Å². The molecule has 0 unspecified atom stereocenters. The normalized spacial score (nSPS) is 9.73. The molecule has 3 nitrogen and oxygen atoms in total. The van der Waals surface area contributed by atoms with Gasteiger partial charge in [0.15, 0.2) is 5.15 Å². The predicted molar refractivity (Wildman–Crippen MR) is 46.2 cm³/mol. The lowest BCUT2D eigenvalue weighted by Gasteiger charge is -2.03. The minimum absolute atomic E-state index is 0.227. The highest BCUT2D eigenvalue weighted by Gasteiger charge is 2.03. The molecule has 0 fully saturated rings. The van der Waals surface area contributed by atoms with Crippen LogP contribution in [0.15, 0.2) is 6.20 Å². The molecule has 1 aromatic rings. The average molecular weight is 192 g/mol. The Hall–Kier alpha value is -0.540. The molecular weight excluding hydrogens is 185 g/mol. The lowest BCUT2D eigenvalue weighted by atomic mass is 10.4. The molecule has 1 heterocycles. The number of hydrogen-bond acceptors (Lipinski definition) is 3. The minimum atomic E-state index is 0.227. The van der Waals surface area contributed by atoms with Crippen molar-refractivity contribution in [3.63, 3.8) is 0 Å². The van der Waals surface area contributed by atoms with E-state index in [1.807, 2.05) is 6.92 Å². The van der Waals surface area contributed by atoms with Crippen molar-refractivity contribution < 1.29 is 0 Å². The number of hydrogen-bond donors (Lipinski definition) is 1. The molecule has 0 amide bonds. The fourth-order valence-corrected chi connectivity index (χ4v) is 0.962. The molecule has 0 atom stereocenters. The number of halogens is 2. The highest BCUT2D eigenvalue weighted by Crippen LogP contribution is 2.25. The first-order valence-corrected chi connectivity index (χ1v) is 3.92. The first-order valence-electron chi connectivity index (χ1n) is 3.16. The van der Waals surface area contributed by atoms with Crippen molar-refractivity contribution in [1.29, 1.82) is 0 Å². The molecule has 0 aliphatic rings. The molecule has 0 radical (unpaired) electrons. The Morgan fingerprint density at radius 2 is 2.27 bits per heavy atom. The third-order valence-corrected chi connectivity index (χ3v) is 1.86. The summed E-state index contributed by atoms with van der Waals surface area (Å²) in [4.78, 5) is 0. The lowest BCUT2D eigenvalue weighted by molar-refractivity contribution is 1.02. The molecular formula is C6H7Cl2N3. The van der Waals surface area contributed by atoms with E-state index < -0.39 is 0 Å².